The van der Waals surface area contributed by atoms with Gasteiger partial charge in [-0.05, 0) is 48.9 Å². The molecule has 0 spiro atoms. The molecule has 0 atom stereocenters. The number of nitrogen functional groups attached to an aromatic ring is 1. The van der Waals surface area contributed by atoms with E-state index in [1.807, 2.05) is 25.1 Å². The lowest BCUT2D eigenvalue weighted by atomic mass is 10.2. The first-order valence-corrected chi connectivity index (χ1v) is 7.60. The van der Waals surface area contributed by atoms with Gasteiger partial charge < -0.3 is 16.4 Å². The molecule has 0 saturated carbocycles. The van der Waals surface area contributed by atoms with Crippen LogP contribution in [0.4, 0.5) is 39.0 Å². The zero-order valence-electron chi connectivity index (χ0n) is 13.7. The van der Waals surface area contributed by atoms with Crippen molar-refractivity contribution >= 4 is 34.6 Å². The standard InChI is InChI=1S/C17H15FN6O2/c1-10-3-2-4-13(9-10)21-17-22-15(19)14(24(25)26)16(23-17)20-12-7-5-11(18)6-8-12/h2-9H,1H3,(H4,19,20,21,22,23). The molecule has 0 aliphatic heterocycles. The molecule has 0 radical (unpaired) electrons. The summed E-state index contributed by atoms with van der Waals surface area (Å²) in [6, 6.07) is 12.8. The Morgan fingerprint density at radius 3 is 2.46 bits per heavy atom. The van der Waals surface area contributed by atoms with Gasteiger partial charge in [0, 0.05) is 11.4 Å². The average Bonchev–Trinajstić information content (AvgIpc) is 2.56. The molecule has 0 saturated heterocycles. The highest BCUT2D eigenvalue weighted by molar-refractivity contribution is 5.75. The lowest BCUT2D eigenvalue weighted by Crippen LogP contribution is -2.08. The van der Waals surface area contributed by atoms with Crippen molar-refractivity contribution in [2.75, 3.05) is 16.4 Å². The van der Waals surface area contributed by atoms with E-state index in [0.717, 1.165) is 5.56 Å². The maximum atomic E-state index is 13.0. The Bertz CT molecular complexity index is 962. The van der Waals surface area contributed by atoms with Crippen LogP contribution in [-0.4, -0.2) is 14.9 Å². The van der Waals surface area contributed by atoms with Crippen molar-refractivity contribution < 1.29 is 9.31 Å². The first-order valence-electron chi connectivity index (χ1n) is 7.60. The maximum absolute atomic E-state index is 13.0. The zero-order valence-corrected chi connectivity index (χ0v) is 13.7. The fourth-order valence-corrected chi connectivity index (χ4v) is 2.32. The minimum Gasteiger partial charge on any atom is -0.378 e. The molecule has 0 bridgehead atoms. The van der Waals surface area contributed by atoms with Gasteiger partial charge in [0.05, 0.1) is 4.92 Å². The molecule has 1 aromatic heterocycles. The van der Waals surface area contributed by atoms with E-state index in [2.05, 4.69) is 20.6 Å². The van der Waals surface area contributed by atoms with Crippen LogP contribution in [-0.2, 0) is 0 Å². The van der Waals surface area contributed by atoms with E-state index in [9.17, 15) is 14.5 Å². The molecule has 8 nitrogen and oxygen atoms in total. The van der Waals surface area contributed by atoms with Gasteiger partial charge in [-0.2, -0.15) is 9.97 Å². The van der Waals surface area contributed by atoms with Gasteiger partial charge in [-0.3, -0.25) is 10.1 Å². The summed E-state index contributed by atoms with van der Waals surface area (Å²) in [5.74, 6) is -0.702. The average molecular weight is 354 g/mol. The van der Waals surface area contributed by atoms with Gasteiger partial charge in [0.2, 0.25) is 17.6 Å². The van der Waals surface area contributed by atoms with Crippen LogP contribution in [0.3, 0.4) is 0 Å². The number of hydrogen-bond donors (Lipinski definition) is 3. The van der Waals surface area contributed by atoms with E-state index in [0.29, 0.717) is 11.4 Å². The van der Waals surface area contributed by atoms with Crippen molar-refractivity contribution in [2.24, 2.45) is 0 Å². The number of nitrogens with one attached hydrogen (secondary N) is 2. The summed E-state index contributed by atoms with van der Waals surface area (Å²) < 4.78 is 13.0. The Labute approximate surface area is 148 Å². The molecule has 0 unspecified atom stereocenters. The molecule has 0 aliphatic rings. The molecule has 3 rings (SSSR count). The van der Waals surface area contributed by atoms with E-state index in [4.69, 9.17) is 5.73 Å². The van der Waals surface area contributed by atoms with E-state index >= 15 is 0 Å². The highest BCUT2D eigenvalue weighted by Gasteiger charge is 2.23. The van der Waals surface area contributed by atoms with Gasteiger partial charge >= 0.3 is 5.69 Å². The summed E-state index contributed by atoms with van der Waals surface area (Å²) in [5, 5.41) is 17.1. The fraction of sp³-hybridized carbons (Fsp3) is 0.0588. The third-order valence-electron chi connectivity index (χ3n) is 3.47. The number of nitro groups is 1. The molecule has 4 N–H and O–H groups in total. The second-order valence-electron chi connectivity index (χ2n) is 5.51. The lowest BCUT2D eigenvalue weighted by Gasteiger charge is -2.11. The van der Waals surface area contributed by atoms with Crippen LogP contribution in [0.5, 0.6) is 0 Å². The predicted octanol–water partition coefficient (Wildman–Crippen LogP) is 3.90. The van der Waals surface area contributed by atoms with Crippen LogP contribution in [0, 0.1) is 22.9 Å². The predicted molar refractivity (Wildman–Crippen MR) is 97.2 cm³/mol. The molecule has 0 aliphatic carbocycles. The Morgan fingerprint density at radius 2 is 1.81 bits per heavy atom. The highest BCUT2D eigenvalue weighted by Crippen LogP contribution is 2.32. The molecule has 1 heterocycles. The summed E-state index contributed by atoms with van der Waals surface area (Å²) in [6.45, 7) is 1.93. The van der Waals surface area contributed by atoms with E-state index < -0.39 is 16.4 Å². The van der Waals surface area contributed by atoms with Crippen LogP contribution in [0.15, 0.2) is 48.5 Å². The molecule has 0 fully saturated rings. The van der Waals surface area contributed by atoms with Crippen LogP contribution in [0.1, 0.15) is 5.56 Å². The Balaban J connectivity index is 1.98. The molecule has 3 aromatic rings. The topological polar surface area (TPSA) is 119 Å². The van der Waals surface area contributed by atoms with Crippen LogP contribution in [0.25, 0.3) is 0 Å². The largest absolute Gasteiger partial charge is 0.378 e. The van der Waals surface area contributed by atoms with Crippen molar-refractivity contribution in [3.63, 3.8) is 0 Å². The van der Waals surface area contributed by atoms with E-state index in [1.54, 1.807) is 6.07 Å². The summed E-state index contributed by atoms with van der Waals surface area (Å²) in [4.78, 5) is 18.8. The normalized spacial score (nSPS) is 10.4. The van der Waals surface area contributed by atoms with Gasteiger partial charge in [0.25, 0.3) is 0 Å². The quantitative estimate of drug-likeness (QED) is 0.469. The van der Waals surface area contributed by atoms with Crippen molar-refractivity contribution in [1.82, 2.24) is 9.97 Å². The molecule has 9 heteroatoms. The summed E-state index contributed by atoms with van der Waals surface area (Å²) in [5.41, 5.74) is 7.46. The highest BCUT2D eigenvalue weighted by atomic mass is 19.1. The number of aromatic nitrogens is 2. The van der Waals surface area contributed by atoms with Crippen LogP contribution < -0.4 is 16.4 Å². The number of rotatable bonds is 5. The first kappa shape index (κ1) is 17.1. The van der Waals surface area contributed by atoms with Crippen LogP contribution >= 0.6 is 0 Å². The van der Waals surface area contributed by atoms with Gasteiger partial charge in [-0.1, -0.05) is 12.1 Å². The van der Waals surface area contributed by atoms with E-state index in [-0.39, 0.29) is 17.6 Å². The van der Waals surface area contributed by atoms with Crippen molar-refractivity contribution in [2.45, 2.75) is 6.92 Å². The molecule has 26 heavy (non-hydrogen) atoms. The Hall–Kier alpha value is -3.75. The van der Waals surface area contributed by atoms with E-state index in [1.165, 1.54) is 24.3 Å². The third kappa shape index (κ3) is 3.83. The van der Waals surface area contributed by atoms with Crippen molar-refractivity contribution in [1.29, 1.82) is 0 Å². The minimum atomic E-state index is -0.669. The third-order valence-corrected chi connectivity index (χ3v) is 3.47. The summed E-state index contributed by atoms with van der Waals surface area (Å²) in [6.07, 6.45) is 0. The number of aryl methyl sites for hydroxylation is 1. The molecule has 0 amide bonds. The number of nitrogens with two attached hydrogens (primary N) is 1. The fourth-order valence-electron chi connectivity index (χ4n) is 2.32. The lowest BCUT2D eigenvalue weighted by molar-refractivity contribution is -0.383. The smallest absolute Gasteiger partial charge is 0.353 e. The number of hydrogen-bond acceptors (Lipinski definition) is 7. The van der Waals surface area contributed by atoms with Gasteiger partial charge in [-0.15, -0.1) is 0 Å². The van der Waals surface area contributed by atoms with Crippen LogP contribution in [0.2, 0.25) is 0 Å². The Kier molecular flexibility index (Phi) is 4.61. The number of anilines is 5. The second kappa shape index (κ2) is 7.01. The molecular formula is C17H15FN6O2. The minimum absolute atomic E-state index is 0.0933. The van der Waals surface area contributed by atoms with Gasteiger partial charge in [-0.25, -0.2) is 4.39 Å². The van der Waals surface area contributed by atoms with Crippen molar-refractivity contribution in [3.05, 3.63) is 70.0 Å². The first-order chi connectivity index (χ1) is 12.4. The summed E-state index contributed by atoms with van der Waals surface area (Å²) >= 11 is 0. The summed E-state index contributed by atoms with van der Waals surface area (Å²) in [7, 11) is 0. The zero-order chi connectivity index (χ0) is 18.7. The number of nitrogens with zero attached hydrogens (tertiary/aromatic N) is 3. The number of halogens is 1. The van der Waals surface area contributed by atoms with Gasteiger partial charge in [0.1, 0.15) is 5.82 Å². The Morgan fingerprint density at radius 1 is 1.08 bits per heavy atom. The number of benzene rings is 2. The monoisotopic (exact) mass is 354 g/mol. The molecular weight excluding hydrogens is 339 g/mol. The maximum Gasteiger partial charge on any atom is 0.353 e. The SMILES string of the molecule is Cc1cccc(Nc2nc(N)c([N+](=O)[O-])c(Nc3ccc(F)cc3)n2)c1. The second-order valence-corrected chi connectivity index (χ2v) is 5.51. The van der Waals surface area contributed by atoms with Gasteiger partial charge in [0.15, 0.2) is 0 Å². The molecule has 2 aromatic carbocycles. The van der Waals surface area contributed by atoms with Crippen molar-refractivity contribution in [3.8, 4) is 0 Å². The molecule has 132 valence electrons.